The second-order valence-corrected chi connectivity index (χ2v) is 7.70. The zero-order chi connectivity index (χ0) is 20.0. The molecule has 0 spiro atoms. The first-order chi connectivity index (χ1) is 13.4. The second kappa shape index (κ2) is 6.91. The lowest BCUT2D eigenvalue weighted by molar-refractivity contribution is -0.136. The molecule has 4 rings (SSSR count). The molecule has 0 radical (unpaired) electrons. The van der Waals surface area contributed by atoms with Gasteiger partial charge in [-0.1, -0.05) is 31.5 Å². The van der Waals surface area contributed by atoms with Crippen molar-refractivity contribution in [2.24, 2.45) is 0 Å². The van der Waals surface area contributed by atoms with Gasteiger partial charge in [0.15, 0.2) is 0 Å². The monoisotopic (exact) mass is 393 g/mol. The molecule has 0 fully saturated rings. The maximum Gasteiger partial charge on any atom is 0.307 e. The van der Waals surface area contributed by atoms with Crippen LogP contribution in [-0.2, 0) is 11.2 Å². The highest BCUT2D eigenvalue weighted by atomic mass is 35.5. The summed E-state index contributed by atoms with van der Waals surface area (Å²) in [6.45, 7) is 6.20. The van der Waals surface area contributed by atoms with Crippen LogP contribution in [0.5, 0.6) is 0 Å². The molecule has 0 atom stereocenters. The van der Waals surface area contributed by atoms with E-state index >= 15 is 0 Å². The summed E-state index contributed by atoms with van der Waals surface area (Å²) >= 11 is 6.12. The van der Waals surface area contributed by atoms with Gasteiger partial charge in [-0.2, -0.15) is 0 Å². The van der Waals surface area contributed by atoms with Crippen molar-refractivity contribution in [3.05, 3.63) is 64.6 Å². The van der Waals surface area contributed by atoms with Crippen LogP contribution in [0.1, 0.15) is 36.6 Å². The zero-order valence-electron chi connectivity index (χ0n) is 15.9. The van der Waals surface area contributed by atoms with Crippen LogP contribution in [0.4, 0.5) is 0 Å². The Morgan fingerprint density at radius 1 is 1.14 bits per heavy atom. The number of rotatable bonds is 4. The Kier molecular flexibility index (Phi) is 4.55. The number of aromatic nitrogens is 3. The first kappa shape index (κ1) is 18.4. The molecule has 0 saturated heterocycles. The van der Waals surface area contributed by atoms with Gasteiger partial charge in [-0.3, -0.25) is 9.36 Å². The molecule has 0 saturated carbocycles. The van der Waals surface area contributed by atoms with Gasteiger partial charge >= 0.3 is 5.97 Å². The van der Waals surface area contributed by atoms with E-state index in [4.69, 9.17) is 11.6 Å². The molecule has 0 aliphatic heterocycles. The largest absolute Gasteiger partial charge is 0.481 e. The van der Waals surface area contributed by atoms with Crippen molar-refractivity contribution in [2.75, 3.05) is 0 Å². The van der Waals surface area contributed by atoms with Crippen LogP contribution in [0.2, 0.25) is 5.02 Å². The number of benzene rings is 2. The van der Waals surface area contributed by atoms with Crippen molar-refractivity contribution < 1.29 is 9.90 Å². The normalized spacial score (nSPS) is 11.6. The lowest BCUT2D eigenvalue weighted by atomic mass is 9.99. The molecule has 0 amide bonds. The maximum absolute atomic E-state index is 11.5. The molecule has 5 nitrogen and oxygen atoms in total. The van der Waals surface area contributed by atoms with Gasteiger partial charge in [0.25, 0.3) is 0 Å². The van der Waals surface area contributed by atoms with Gasteiger partial charge in [-0.25, -0.2) is 9.97 Å². The van der Waals surface area contributed by atoms with Crippen molar-refractivity contribution in [1.29, 1.82) is 0 Å². The van der Waals surface area contributed by atoms with Crippen LogP contribution in [-0.4, -0.2) is 25.6 Å². The molecule has 2 aromatic carbocycles. The van der Waals surface area contributed by atoms with Crippen LogP contribution in [0.3, 0.4) is 0 Å². The number of fused-ring (bicyclic) bond motifs is 2. The van der Waals surface area contributed by atoms with Crippen molar-refractivity contribution in [1.82, 2.24) is 14.5 Å². The van der Waals surface area contributed by atoms with Gasteiger partial charge in [-0.15, -0.1) is 0 Å². The quantitative estimate of drug-likeness (QED) is 0.511. The number of carboxylic acids is 1. The number of hydrogen-bond acceptors (Lipinski definition) is 3. The fraction of sp³-hybridized carbons (Fsp3) is 0.227. The molecule has 0 aliphatic carbocycles. The van der Waals surface area contributed by atoms with Crippen LogP contribution >= 0.6 is 11.6 Å². The Morgan fingerprint density at radius 3 is 2.64 bits per heavy atom. The van der Waals surface area contributed by atoms with E-state index in [-0.39, 0.29) is 6.42 Å². The van der Waals surface area contributed by atoms with E-state index in [2.05, 4.69) is 35.9 Å². The number of nitrogens with zero attached hydrogens (tertiary/aromatic N) is 3. The summed E-state index contributed by atoms with van der Waals surface area (Å²) in [7, 11) is 0. The molecule has 28 heavy (non-hydrogen) atoms. The van der Waals surface area contributed by atoms with E-state index in [0.29, 0.717) is 10.9 Å². The molecule has 1 N–H and O–H groups in total. The summed E-state index contributed by atoms with van der Waals surface area (Å²) in [6.07, 6.45) is 1.48. The fourth-order valence-corrected chi connectivity index (χ4v) is 3.87. The summed E-state index contributed by atoms with van der Waals surface area (Å²) in [5, 5.41) is 11.9. The predicted molar refractivity (Wildman–Crippen MR) is 112 cm³/mol. The van der Waals surface area contributed by atoms with Gasteiger partial charge in [0, 0.05) is 21.5 Å². The van der Waals surface area contributed by atoms with E-state index in [1.807, 2.05) is 29.7 Å². The Bertz CT molecular complexity index is 1230. The lowest BCUT2D eigenvalue weighted by Gasteiger charge is -2.11. The molecule has 2 aromatic heterocycles. The lowest BCUT2D eigenvalue weighted by Crippen LogP contribution is -2.04. The summed E-state index contributed by atoms with van der Waals surface area (Å²) in [5.41, 5.74) is 4.54. The van der Waals surface area contributed by atoms with Gasteiger partial charge in [0.2, 0.25) is 0 Å². The minimum Gasteiger partial charge on any atom is -0.481 e. The molecule has 0 aliphatic rings. The average Bonchev–Trinajstić information content (AvgIpc) is 2.91. The van der Waals surface area contributed by atoms with Crippen molar-refractivity contribution in [3.63, 3.8) is 0 Å². The highest BCUT2D eigenvalue weighted by molar-refractivity contribution is 6.31. The average molecular weight is 394 g/mol. The first-order valence-corrected chi connectivity index (χ1v) is 9.51. The number of halogens is 1. The molecule has 2 heterocycles. The summed E-state index contributed by atoms with van der Waals surface area (Å²) in [6, 6.07) is 11.8. The number of hydrogen-bond donors (Lipinski definition) is 1. The zero-order valence-corrected chi connectivity index (χ0v) is 16.7. The van der Waals surface area contributed by atoms with Crippen molar-refractivity contribution in [3.8, 4) is 5.82 Å². The third kappa shape index (κ3) is 3.02. The van der Waals surface area contributed by atoms with Gasteiger partial charge in [0.1, 0.15) is 12.1 Å². The van der Waals surface area contributed by atoms with E-state index in [9.17, 15) is 9.90 Å². The first-order valence-electron chi connectivity index (χ1n) is 9.13. The third-order valence-electron chi connectivity index (χ3n) is 5.14. The van der Waals surface area contributed by atoms with Crippen LogP contribution in [0.15, 0.2) is 42.7 Å². The summed E-state index contributed by atoms with van der Waals surface area (Å²) in [4.78, 5) is 20.4. The van der Waals surface area contributed by atoms with Crippen LogP contribution in [0, 0.1) is 6.92 Å². The Hall–Kier alpha value is -2.92. The van der Waals surface area contributed by atoms with Gasteiger partial charge in [0.05, 0.1) is 17.5 Å². The van der Waals surface area contributed by atoms with Gasteiger partial charge in [-0.05, 0) is 54.3 Å². The van der Waals surface area contributed by atoms with Crippen molar-refractivity contribution in [2.45, 2.75) is 33.1 Å². The molecule has 6 heteroatoms. The Labute approximate surface area is 167 Å². The third-order valence-corrected chi connectivity index (χ3v) is 5.38. The topological polar surface area (TPSA) is 68.0 Å². The van der Waals surface area contributed by atoms with E-state index < -0.39 is 5.97 Å². The standard InChI is InChI=1S/C22H20ClN3O2/c1-12(2)14-4-7-20-18(8-14)17(10-21(27)28)13(3)26(20)22-16-6-5-15(23)9-19(16)24-11-25-22/h4-9,11-12H,10H2,1-3H3,(H,27,28). The maximum atomic E-state index is 11.5. The van der Waals surface area contributed by atoms with E-state index in [0.717, 1.165) is 38.9 Å². The minimum atomic E-state index is -0.851. The summed E-state index contributed by atoms with van der Waals surface area (Å²) < 4.78 is 2.02. The SMILES string of the molecule is Cc1c(CC(=O)O)c2cc(C(C)C)ccc2n1-c1ncnc2cc(Cl)ccc12. The van der Waals surface area contributed by atoms with Crippen LogP contribution in [0.25, 0.3) is 27.6 Å². The van der Waals surface area contributed by atoms with E-state index in [1.54, 1.807) is 6.07 Å². The molecular formula is C22H20ClN3O2. The highest BCUT2D eigenvalue weighted by Gasteiger charge is 2.20. The highest BCUT2D eigenvalue weighted by Crippen LogP contribution is 2.33. The fourth-order valence-electron chi connectivity index (χ4n) is 3.70. The molecule has 4 aromatic rings. The molecule has 0 bridgehead atoms. The van der Waals surface area contributed by atoms with Crippen LogP contribution < -0.4 is 0 Å². The van der Waals surface area contributed by atoms with Crippen molar-refractivity contribution >= 4 is 39.4 Å². The smallest absolute Gasteiger partial charge is 0.307 e. The Balaban J connectivity index is 2.08. The number of carbonyl (C=O) groups is 1. The summed E-state index contributed by atoms with van der Waals surface area (Å²) in [5.74, 6) is 0.224. The van der Waals surface area contributed by atoms with E-state index in [1.165, 1.54) is 11.9 Å². The number of aliphatic carboxylic acids is 1. The molecule has 142 valence electrons. The Morgan fingerprint density at radius 2 is 1.93 bits per heavy atom. The second-order valence-electron chi connectivity index (χ2n) is 7.26. The predicted octanol–water partition coefficient (Wildman–Crippen LogP) is 5.29. The molecular weight excluding hydrogens is 374 g/mol. The van der Waals surface area contributed by atoms with Gasteiger partial charge < -0.3 is 5.11 Å². The number of carboxylic acid groups (broad SMARTS) is 1. The molecule has 0 unspecified atom stereocenters. The minimum absolute atomic E-state index is 0.0360.